The van der Waals surface area contributed by atoms with E-state index in [1.165, 1.54) is 45.4 Å². The second kappa shape index (κ2) is 16.5. The van der Waals surface area contributed by atoms with Crippen LogP contribution in [-0.2, 0) is 0 Å². The van der Waals surface area contributed by atoms with Gasteiger partial charge in [0.05, 0.1) is 21.3 Å². The molecule has 0 saturated heterocycles. The summed E-state index contributed by atoms with van der Waals surface area (Å²) in [5.74, 6) is 2.50. The highest BCUT2D eigenvalue weighted by Crippen LogP contribution is 2.43. The lowest BCUT2D eigenvalue weighted by atomic mass is 9.99. The van der Waals surface area contributed by atoms with E-state index in [9.17, 15) is 4.55 Å². The van der Waals surface area contributed by atoms with Crippen molar-refractivity contribution in [1.29, 1.82) is 5.39 Å². The van der Waals surface area contributed by atoms with E-state index in [0.29, 0.717) is 29.1 Å². The number of hydrogen-bond donors (Lipinski definition) is 2. The van der Waals surface area contributed by atoms with Gasteiger partial charge in [0.15, 0.2) is 4.98 Å². The SMILES string of the molecule is CCC(C)c1ccc(S([O-])(O)O)cc1.CCC(C)c1ccccc1.COc1cc(OC)c([N+]#N)c(OC)c1. The van der Waals surface area contributed by atoms with Crippen LogP contribution < -0.4 is 14.2 Å². The molecule has 0 aromatic heterocycles. The Labute approximate surface area is 228 Å². The fourth-order valence-electron chi connectivity index (χ4n) is 3.31. The number of nitrogens with zero attached hydrogens (tertiary/aromatic N) is 2. The molecule has 0 amide bonds. The van der Waals surface area contributed by atoms with Crippen LogP contribution >= 0.6 is 10.9 Å². The van der Waals surface area contributed by atoms with E-state index in [0.717, 1.165) is 12.0 Å². The van der Waals surface area contributed by atoms with Crippen LogP contribution in [0.1, 0.15) is 63.5 Å². The highest BCUT2D eigenvalue weighted by Gasteiger charge is 2.24. The Morgan fingerprint density at radius 3 is 1.58 bits per heavy atom. The number of methoxy groups -OCH3 is 3. The quantitative estimate of drug-likeness (QED) is 0.272. The molecule has 38 heavy (non-hydrogen) atoms. The molecule has 0 bridgehead atoms. The zero-order valence-electron chi connectivity index (χ0n) is 23.2. The molecule has 2 atom stereocenters. The minimum Gasteiger partial charge on any atom is -0.769 e. The van der Waals surface area contributed by atoms with Gasteiger partial charge in [0.25, 0.3) is 0 Å². The first kappa shape index (κ1) is 32.7. The molecule has 0 fully saturated rings. The van der Waals surface area contributed by atoms with E-state index in [4.69, 9.17) is 28.7 Å². The summed E-state index contributed by atoms with van der Waals surface area (Å²) in [6, 6.07) is 20.4. The van der Waals surface area contributed by atoms with Gasteiger partial charge in [0.2, 0.25) is 16.9 Å². The lowest BCUT2D eigenvalue weighted by molar-refractivity contribution is 0.360. The van der Waals surface area contributed by atoms with Crippen molar-refractivity contribution >= 4 is 16.6 Å². The van der Waals surface area contributed by atoms with E-state index in [2.05, 4.69) is 63.0 Å². The third-order valence-electron chi connectivity index (χ3n) is 6.14. The molecule has 9 heteroatoms. The first-order valence-electron chi connectivity index (χ1n) is 12.3. The average molecular weight is 545 g/mol. The summed E-state index contributed by atoms with van der Waals surface area (Å²) >= 11 is 0. The van der Waals surface area contributed by atoms with Crippen LogP contribution in [0, 0.1) is 5.39 Å². The zero-order valence-corrected chi connectivity index (χ0v) is 24.1. The summed E-state index contributed by atoms with van der Waals surface area (Å²) in [4.78, 5) is 3.14. The van der Waals surface area contributed by atoms with Crippen molar-refractivity contribution in [3.8, 4) is 17.2 Å². The van der Waals surface area contributed by atoms with Gasteiger partial charge in [-0.1, -0.05) is 81.0 Å². The minimum atomic E-state index is -3.80. The van der Waals surface area contributed by atoms with Crippen LogP contribution in [0.4, 0.5) is 5.69 Å². The zero-order chi connectivity index (χ0) is 28.7. The molecule has 3 aromatic carbocycles. The first-order valence-corrected chi connectivity index (χ1v) is 13.8. The molecule has 0 aliphatic rings. The first-order chi connectivity index (χ1) is 18.1. The number of benzene rings is 3. The predicted octanol–water partition coefficient (Wildman–Crippen LogP) is 8.84. The molecule has 2 unspecified atom stereocenters. The minimum absolute atomic E-state index is 0.0598. The van der Waals surface area contributed by atoms with Crippen LogP contribution in [0.5, 0.6) is 17.2 Å². The summed E-state index contributed by atoms with van der Waals surface area (Å²) in [5.41, 5.74) is 2.81. The van der Waals surface area contributed by atoms with Crippen molar-refractivity contribution < 1.29 is 27.9 Å². The molecule has 3 aromatic rings. The molecule has 0 aliphatic heterocycles. The van der Waals surface area contributed by atoms with E-state index < -0.39 is 10.9 Å². The topological polar surface area (TPSA) is 119 Å². The normalized spacial score (nSPS) is 12.3. The van der Waals surface area contributed by atoms with Crippen molar-refractivity contribution in [2.24, 2.45) is 0 Å². The van der Waals surface area contributed by atoms with Crippen molar-refractivity contribution in [3.63, 3.8) is 0 Å². The number of rotatable bonds is 8. The summed E-state index contributed by atoms with van der Waals surface area (Å²) < 4.78 is 43.6. The van der Waals surface area contributed by atoms with Crippen LogP contribution in [-0.4, -0.2) is 35.0 Å². The fourth-order valence-corrected chi connectivity index (χ4v) is 3.80. The summed E-state index contributed by atoms with van der Waals surface area (Å²) in [7, 11) is 0.680. The van der Waals surface area contributed by atoms with Gasteiger partial charge < -0.3 is 27.9 Å². The van der Waals surface area contributed by atoms with Gasteiger partial charge >= 0.3 is 5.69 Å². The average Bonchev–Trinajstić information content (AvgIpc) is 2.96. The van der Waals surface area contributed by atoms with Crippen molar-refractivity contribution in [2.45, 2.75) is 57.3 Å². The third kappa shape index (κ3) is 10.2. The Hall–Kier alpha value is -3.29. The molecule has 0 aliphatic carbocycles. The molecule has 3 rings (SSSR count). The Morgan fingerprint density at radius 1 is 0.789 bits per heavy atom. The molecular weight excluding hydrogens is 504 g/mol. The molecule has 208 valence electrons. The van der Waals surface area contributed by atoms with E-state index >= 15 is 0 Å². The molecule has 8 nitrogen and oxygen atoms in total. The summed E-state index contributed by atoms with van der Waals surface area (Å²) in [6.45, 7) is 8.65. The smallest absolute Gasteiger partial charge is 0.467 e. The Bertz CT molecular complexity index is 1100. The monoisotopic (exact) mass is 544 g/mol. The highest BCUT2D eigenvalue weighted by molar-refractivity contribution is 8.19. The molecule has 0 saturated carbocycles. The van der Waals surface area contributed by atoms with Gasteiger partial charge in [-0.25, -0.2) is 0 Å². The molecular formula is C29H40N2O6S. The second-order valence-corrected chi connectivity index (χ2v) is 10.0. The second-order valence-electron chi connectivity index (χ2n) is 8.58. The Balaban J connectivity index is 0.000000290. The van der Waals surface area contributed by atoms with Crippen LogP contribution in [0.3, 0.4) is 0 Å². The van der Waals surface area contributed by atoms with Gasteiger partial charge in [-0.3, -0.25) is 0 Å². The molecule has 0 spiro atoms. The van der Waals surface area contributed by atoms with Gasteiger partial charge in [0.1, 0.15) is 5.75 Å². The lowest BCUT2D eigenvalue weighted by Gasteiger charge is -2.33. The number of hydrogen-bond acceptors (Lipinski definition) is 7. The van der Waals surface area contributed by atoms with Crippen molar-refractivity contribution in [3.05, 3.63) is 82.8 Å². The summed E-state index contributed by atoms with van der Waals surface area (Å²) in [5, 5.41) is 8.75. The lowest BCUT2D eigenvalue weighted by Crippen LogP contribution is -1.97. The maximum Gasteiger partial charge on any atom is 0.467 e. The maximum absolute atomic E-state index is 10.9. The van der Waals surface area contributed by atoms with E-state index in [-0.39, 0.29) is 10.6 Å². The van der Waals surface area contributed by atoms with Crippen molar-refractivity contribution in [1.82, 2.24) is 0 Å². The van der Waals surface area contributed by atoms with Gasteiger partial charge in [-0.05, 0) is 47.9 Å². The van der Waals surface area contributed by atoms with Crippen LogP contribution in [0.25, 0.3) is 4.98 Å². The summed E-state index contributed by atoms with van der Waals surface area (Å²) in [6.07, 6.45) is 2.25. The van der Waals surface area contributed by atoms with Gasteiger partial charge in [0, 0.05) is 17.0 Å². The number of ether oxygens (including phenoxy) is 3. The van der Waals surface area contributed by atoms with E-state index in [1.54, 1.807) is 24.3 Å². The Kier molecular flexibility index (Phi) is 14.2. The van der Waals surface area contributed by atoms with Crippen molar-refractivity contribution in [2.75, 3.05) is 21.3 Å². The van der Waals surface area contributed by atoms with E-state index in [1.807, 2.05) is 0 Å². The fraction of sp³-hybridized carbons (Fsp3) is 0.379. The Morgan fingerprint density at radius 2 is 1.24 bits per heavy atom. The maximum atomic E-state index is 10.9. The van der Waals surface area contributed by atoms with Crippen LogP contribution in [0.15, 0.2) is 71.6 Å². The molecule has 0 radical (unpaired) electrons. The molecule has 0 heterocycles. The molecule has 2 N–H and O–H groups in total. The predicted molar refractivity (Wildman–Crippen MR) is 153 cm³/mol. The van der Waals surface area contributed by atoms with Crippen LogP contribution in [0.2, 0.25) is 0 Å². The highest BCUT2D eigenvalue weighted by atomic mass is 32.3. The standard InChI is InChI=1S/C10H16O3S.C10H14.C9H11N2O3/c1-3-8(2)9-4-6-10(7-5-9)14(11,12)13;1-3-9(2)10-7-5-4-6-8-10;1-12-6-4-7(13-2)9(11-10)8(5-6)14-3/h4-8,11-13H,3H2,1-2H3;4-9H,3H2,1-2H3;4-5H,1-3H3/q;;+1/p-1. The third-order valence-corrected chi connectivity index (χ3v) is 7.02. The van der Waals surface area contributed by atoms with Gasteiger partial charge in [-0.15, -0.1) is 0 Å². The largest absolute Gasteiger partial charge is 0.769 e. The number of diazo groups is 1. The van der Waals surface area contributed by atoms with Gasteiger partial charge in [-0.2, -0.15) is 0 Å².